The number of hydrogen-bond acceptors (Lipinski definition) is 4. The van der Waals surface area contributed by atoms with Crippen molar-refractivity contribution in [1.82, 2.24) is 0 Å². The Kier molecular flexibility index (Phi) is 5.16. The smallest absolute Gasteiger partial charge is 0.354 e. The van der Waals surface area contributed by atoms with Gasteiger partial charge >= 0.3 is 5.97 Å². The normalized spacial score (nSPS) is 10.8. The molecule has 2 aromatic rings. The van der Waals surface area contributed by atoms with Crippen molar-refractivity contribution in [2.45, 2.75) is 13.8 Å². The SMILES string of the molecule is COc1ccccc1/C=C(\C#N)C(=O)Oc1cc(C)cc(C)c1. The van der Waals surface area contributed by atoms with Crippen molar-refractivity contribution < 1.29 is 14.3 Å². The number of carbonyl (C=O) groups excluding carboxylic acids is 1. The van der Waals surface area contributed by atoms with Crippen molar-refractivity contribution in [3.05, 3.63) is 64.7 Å². The number of nitriles is 1. The van der Waals surface area contributed by atoms with E-state index in [-0.39, 0.29) is 5.57 Å². The molecule has 0 aromatic heterocycles. The van der Waals surface area contributed by atoms with Gasteiger partial charge in [-0.25, -0.2) is 4.79 Å². The van der Waals surface area contributed by atoms with Gasteiger partial charge in [-0.05, 0) is 49.2 Å². The van der Waals surface area contributed by atoms with Crippen LogP contribution in [0.5, 0.6) is 11.5 Å². The Labute approximate surface area is 135 Å². The van der Waals surface area contributed by atoms with Crippen LogP contribution in [0.4, 0.5) is 0 Å². The van der Waals surface area contributed by atoms with Crippen LogP contribution in [0.25, 0.3) is 6.08 Å². The lowest BCUT2D eigenvalue weighted by Gasteiger charge is -2.07. The van der Waals surface area contributed by atoms with Crippen molar-refractivity contribution in [3.8, 4) is 17.6 Å². The molecular weight excluding hydrogens is 290 g/mol. The van der Waals surface area contributed by atoms with E-state index in [2.05, 4.69) is 0 Å². The molecule has 0 amide bonds. The Morgan fingerprint density at radius 2 is 1.78 bits per heavy atom. The molecule has 116 valence electrons. The van der Waals surface area contributed by atoms with E-state index in [0.29, 0.717) is 17.1 Å². The first-order valence-electron chi connectivity index (χ1n) is 7.09. The minimum atomic E-state index is -0.691. The molecule has 4 nitrogen and oxygen atoms in total. The van der Waals surface area contributed by atoms with Crippen LogP contribution in [-0.4, -0.2) is 13.1 Å². The van der Waals surface area contributed by atoms with Crippen LogP contribution in [0.2, 0.25) is 0 Å². The van der Waals surface area contributed by atoms with Crippen LogP contribution in [0.3, 0.4) is 0 Å². The first-order valence-corrected chi connectivity index (χ1v) is 7.09. The Morgan fingerprint density at radius 3 is 2.39 bits per heavy atom. The minimum Gasteiger partial charge on any atom is -0.496 e. The molecule has 0 saturated carbocycles. The molecule has 2 rings (SSSR count). The van der Waals surface area contributed by atoms with Crippen LogP contribution in [0, 0.1) is 25.2 Å². The van der Waals surface area contributed by atoms with Crippen LogP contribution < -0.4 is 9.47 Å². The van der Waals surface area contributed by atoms with Gasteiger partial charge in [0.15, 0.2) is 0 Å². The van der Waals surface area contributed by atoms with Gasteiger partial charge in [-0.3, -0.25) is 0 Å². The first kappa shape index (κ1) is 16.3. The third-order valence-electron chi connectivity index (χ3n) is 3.18. The zero-order valence-electron chi connectivity index (χ0n) is 13.3. The summed E-state index contributed by atoms with van der Waals surface area (Å²) in [6.07, 6.45) is 1.46. The highest BCUT2D eigenvalue weighted by molar-refractivity contribution is 5.99. The zero-order valence-corrected chi connectivity index (χ0v) is 13.3. The average Bonchev–Trinajstić information content (AvgIpc) is 2.51. The molecule has 0 atom stereocenters. The Morgan fingerprint density at radius 1 is 1.13 bits per heavy atom. The number of methoxy groups -OCH3 is 1. The van der Waals surface area contributed by atoms with E-state index in [0.717, 1.165) is 11.1 Å². The summed E-state index contributed by atoms with van der Waals surface area (Å²) < 4.78 is 10.5. The van der Waals surface area contributed by atoms with Crippen molar-refractivity contribution in [2.75, 3.05) is 7.11 Å². The zero-order chi connectivity index (χ0) is 16.8. The highest BCUT2D eigenvalue weighted by Gasteiger charge is 2.13. The van der Waals surface area contributed by atoms with E-state index >= 15 is 0 Å². The number of hydrogen-bond donors (Lipinski definition) is 0. The number of para-hydroxylation sites is 1. The third kappa shape index (κ3) is 4.21. The summed E-state index contributed by atoms with van der Waals surface area (Å²) in [5.41, 5.74) is 2.53. The number of aryl methyl sites for hydroxylation is 2. The summed E-state index contributed by atoms with van der Waals surface area (Å²) in [4.78, 5) is 12.2. The molecule has 4 heteroatoms. The van der Waals surface area contributed by atoms with E-state index in [4.69, 9.17) is 9.47 Å². The molecule has 0 fully saturated rings. The van der Waals surface area contributed by atoms with Gasteiger partial charge in [-0.2, -0.15) is 5.26 Å². The van der Waals surface area contributed by atoms with Gasteiger partial charge in [0.1, 0.15) is 23.1 Å². The maximum Gasteiger partial charge on any atom is 0.354 e. The molecule has 0 heterocycles. The predicted molar refractivity (Wildman–Crippen MR) is 88.1 cm³/mol. The number of esters is 1. The van der Waals surface area contributed by atoms with Crippen LogP contribution >= 0.6 is 0 Å². The van der Waals surface area contributed by atoms with Crippen molar-refractivity contribution in [2.24, 2.45) is 0 Å². The lowest BCUT2D eigenvalue weighted by atomic mass is 10.1. The van der Waals surface area contributed by atoms with E-state index in [1.807, 2.05) is 32.0 Å². The number of carbonyl (C=O) groups is 1. The molecule has 0 aliphatic rings. The fourth-order valence-electron chi connectivity index (χ4n) is 2.23. The molecule has 2 aromatic carbocycles. The Bertz CT molecular complexity index is 780. The van der Waals surface area contributed by atoms with Gasteiger partial charge in [0.05, 0.1) is 7.11 Å². The molecule has 0 aliphatic heterocycles. The van der Waals surface area contributed by atoms with Gasteiger partial charge in [-0.15, -0.1) is 0 Å². The molecule has 0 spiro atoms. The van der Waals surface area contributed by atoms with Crippen molar-refractivity contribution in [1.29, 1.82) is 5.26 Å². The largest absolute Gasteiger partial charge is 0.496 e. The second-order valence-corrected chi connectivity index (χ2v) is 5.12. The average molecular weight is 307 g/mol. The monoisotopic (exact) mass is 307 g/mol. The summed E-state index contributed by atoms with van der Waals surface area (Å²) in [6, 6.07) is 14.5. The summed E-state index contributed by atoms with van der Waals surface area (Å²) >= 11 is 0. The lowest BCUT2D eigenvalue weighted by molar-refractivity contribution is -0.129. The molecule has 0 bridgehead atoms. The van der Waals surface area contributed by atoms with Gasteiger partial charge < -0.3 is 9.47 Å². The summed E-state index contributed by atoms with van der Waals surface area (Å²) in [5, 5.41) is 9.25. The minimum absolute atomic E-state index is 0.0892. The molecule has 0 N–H and O–H groups in total. The Hall–Kier alpha value is -3.06. The second-order valence-electron chi connectivity index (χ2n) is 5.12. The van der Waals surface area contributed by atoms with E-state index < -0.39 is 5.97 Å². The van der Waals surface area contributed by atoms with Crippen LogP contribution in [0.15, 0.2) is 48.0 Å². The molecular formula is C19H17NO3. The quantitative estimate of drug-likeness (QED) is 0.373. The maximum atomic E-state index is 12.2. The predicted octanol–water partition coefficient (Wildman–Crippen LogP) is 3.82. The second kappa shape index (κ2) is 7.28. The first-order chi connectivity index (χ1) is 11.0. The van der Waals surface area contributed by atoms with E-state index in [9.17, 15) is 10.1 Å². The molecule has 0 unspecified atom stereocenters. The third-order valence-corrected chi connectivity index (χ3v) is 3.18. The Balaban J connectivity index is 2.28. The number of ether oxygens (including phenoxy) is 2. The molecule has 23 heavy (non-hydrogen) atoms. The maximum absolute atomic E-state index is 12.2. The number of rotatable bonds is 4. The summed E-state index contributed by atoms with van der Waals surface area (Å²) in [5.74, 6) is 0.316. The van der Waals surface area contributed by atoms with E-state index in [1.54, 1.807) is 30.3 Å². The highest BCUT2D eigenvalue weighted by atomic mass is 16.5. The summed E-state index contributed by atoms with van der Waals surface area (Å²) in [7, 11) is 1.53. The van der Waals surface area contributed by atoms with Gasteiger partial charge in [-0.1, -0.05) is 24.3 Å². The summed E-state index contributed by atoms with van der Waals surface area (Å²) in [6.45, 7) is 3.83. The van der Waals surface area contributed by atoms with E-state index in [1.165, 1.54) is 13.2 Å². The molecule has 0 saturated heterocycles. The van der Waals surface area contributed by atoms with Crippen LogP contribution in [-0.2, 0) is 4.79 Å². The van der Waals surface area contributed by atoms with Gasteiger partial charge in [0, 0.05) is 5.56 Å². The number of nitrogens with zero attached hydrogens (tertiary/aromatic N) is 1. The lowest BCUT2D eigenvalue weighted by Crippen LogP contribution is -2.10. The molecule has 0 aliphatic carbocycles. The van der Waals surface area contributed by atoms with Gasteiger partial charge in [0.2, 0.25) is 0 Å². The standard InChI is InChI=1S/C19H17NO3/c1-13-8-14(2)10-17(9-13)23-19(21)16(12-20)11-15-6-4-5-7-18(15)22-3/h4-11H,1-3H3/b16-11+. The fraction of sp³-hybridized carbons (Fsp3) is 0.158. The highest BCUT2D eigenvalue weighted by Crippen LogP contribution is 2.22. The molecule has 0 radical (unpaired) electrons. The fourth-order valence-corrected chi connectivity index (χ4v) is 2.23. The van der Waals surface area contributed by atoms with Gasteiger partial charge in [0.25, 0.3) is 0 Å². The van der Waals surface area contributed by atoms with Crippen molar-refractivity contribution in [3.63, 3.8) is 0 Å². The number of benzene rings is 2. The van der Waals surface area contributed by atoms with Crippen LogP contribution in [0.1, 0.15) is 16.7 Å². The van der Waals surface area contributed by atoms with Crippen molar-refractivity contribution >= 4 is 12.0 Å². The topological polar surface area (TPSA) is 59.3 Å².